The van der Waals surface area contributed by atoms with Crippen LogP contribution >= 0.6 is 0 Å². The van der Waals surface area contributed by atoms with Crippen LogP contribution in [0.15, 0.2) is 18.2 Å². The molecule has 0 atom stereocenters. The maximum absolute atomic E-state index is 12.8. The SMILES string of the molecule is COC(=O)c1ccc(F)c(CO)c1. The van der Waals surface area contributed by atoms with Gasteiger partial charge in [-0.05, 0) is 18.2 Å². The number of carbonyl (C=O) groups is 1. The van der Waals surface area contributed by atoms with Crippen LogP contribution in [0.25, 0.3) is 0 Å². The van der Waals surface area contributed by atoms with Crippen molar-refractivity contribution < 1.29 is 19.0 Å². The molecule has 1 aromatic rings. The number of carbonyl (C=O) groups excluding carboxylic acids is 1. The van der Waals surface area contributed by atoms with Crippen LogP contribution < -0.4 is 0 Å². The fourth-order valence-corrected chi connectivity index (χ4v) is 0.941. The first kappa shape index (κ1) is 9.67. The van der Waals surface area contributed by atoms with Gasteiger partial charge in [-0.2, -0.15) is 0 Å². The molecule has 0 saturated carbocycles. The lowest BCUT2D eigenvalue weighted by molar-refractivity contribution is 0.0600. The average molecular weight is 184 g/mol. The lowest BCUT2D eigenvalue weighted by atomic mass is 10.1. The molecule has 0 spiro atoms. The van der Waals surface area contributed by atoms with Crippen molar-refractivity contribution in [3.05, 3.63) is 35.1 Å². The van der Waals surface area contributed by atoms with Gasteiger partial charge in [0.15, 0.2) is 0 Å². The van der Waals surface area contributed by atoms with Crippen molar-refractivity contribution in [3.8, 4) is 0 Å². The first-order valence-electron chi connectivity index (χ1n) is 3.66. The molecular weight excluding hydrogens is 175 g/mol. The summed E-state index contributed by atoms with van der Waals surface area (Å²) in [5.74, 6) is -1.08. The lowest BCUT2D eigenvalue weighted by Gasteiger charge is -2.02. The van der Waals surface area contributed by atoms with E-state index in [-0.39, 0.29) is 11.1 Å². The van der Waals surface area contributed by atoms with E-state index in [9.17, 15) is 9.18 Å². The Balaban J connectivity index is 3.06. The van der Waals surface area contributed by atoms with E-state index in [2.05, 4.69) is 4.74 Å². The number of ether oxygens (including phenoxy) is 1. The molecule has 0 unspecified atom stereocenters. The minimum absolute atomic E-state index is 0.0860. The van der Waals surface area contributed by atoms with E-state index in [0.29, 0.717) is 0 Å². The Morgan fingerprint density at radius 2 is 2.31 bits per heavy atom. The van der Waals surface area contributed by atoms with Gasteiger partial charge in [-0.15, -0.1) is 0 Å². The zero-order valence-electron chi connectivity index (χ0n) is 7.08. The second kappa shape index (κ2) is 4.00. The molecule has 0 heterocycles. The van der Waals surface area contributed by atoms with Crippen molar-refractivity contribution in [2.24, 2.45) is 0 Å². The Hall–Kier alpha value is -1.42. The van der Waals surface area contributed by atoms with Crippen LogP contribution in [0.2, 0.25) is 0 Å². The van der Waals surface area contributed by atoms with Gasteiger partial charge in [0.25, 0.3) is 0 Å². The van der Waals surface area contributed by atoms with Gasteiger partial charge >= 0.3 is 5.97 Å². The van der Waals surface area contributed by atoms with Crippen LogP contribution in [0.1, 0.15) is 15.9 Å². The van der Waals surface area contributed by atoms with Crippen LogP contribution in [0, 0.1) is 5.82 Å². The highest BCUT2D eigenvalue weighted by atomic mass is 19.1. The molecule has 0 aliphatic rings. The predicted octanol–water partition coefficient (Wildman–Crippen LogP) is 1.10. The second-order valence-corrected chi connectivity index (χ2v) is 2.46. The first-order chi connectivity index (χ1) is 6.19. The molecule has 1 aromatic carbocycles. The summed E-state index contributed by atoms with van der Waals surface area (Å²) in [5.41, 5.74) is 0.316. The molecule has 0 aromatic heterocycles. The minimum Gasteiger partial charge on any atom is -0.465 e. The summed E-state index contributed by atoms with van der Waals surface area (Å²) in [5, 5.41) is 8.71. The largest absolute Gasteiger partial charge is 0.465 e. The molecule has 0 aliphatic carbocycles. The van der Waals surface area contributed by atoms with Crippen LogP contribution in [-0.4, -0.2) is 18.2 Å². The zero-order chi connectivity index (χ0) is 9.84. The highest BCUT2D eigenvalue weighted by molar-refractivity contribution is 5.89. The third-order valence-corrected chi connectivity index (χ3v) is 1.64. The summed E-state index contributed by atoms with van der Waals surface area (Å²) < 4.78 is 17.3. The number of hydrogen-bond acceptors (Lipinski definition) is 3. The highest BCUT2D eigenvalue weighted by Gasteiger charge is 2.08. The molecule has 13 heavy (non-hydrogen) atoms. The highest BCUT2D eigenvalue weighted by Crippen LogP contribution is 2.11. The van der Waals surface area contributed by atoms with Crippen LogP contribution in [-0.2, 0) is 11.3 Å². The maximum Gasteiger partial charge on any atom is 0.337 e. The molecule has 1 rings (SSSR count). The smallest absolute Gasteiger partial charge is 0.337 e. The quantitative estimate of drug-likeness (QED) is 0.700. The van der Waals surface area contributed by atoms with Crippen LogP contribution in [0.5, 0.6) is 0 Å². The summed E-state index contributed by atoms with van der Waals surface area (Å²) in [6.07, 6.45) is 0. The Morgan fingerprint density at radius 1 is 1.62 bits per heavy atom. The van der Waals surface area contributed by atoms with Crippen molar-refractivity contribution in [3.63, 3.8) is 0 Å². The number of esters is 1. The van der Waals surface area contributed by atoms with Gasteiger partial charge in [0.2, 0.25) is 0 Å². The Kier molecular flexibility index (Phi) is 2.97. The topological polar surface area (TPSA) is 46.5 Å². The van der Waals surface area contributed by atoms with Crippen LogP contribution in [0.3, 0.4) is 0 Å². The monoisotopic (exact) mass is 184 g/mol. The van der Waals surface area contributed by atoms with Gasteiger partial charge in [0, 0.05) is 5.56 Å². The number of benzene rings is 1. The summed E-state index contributed by atoms with van der Waals surface area (Å²) in [6, 6.07) is 3.69. The molecule has 0 saturated heterocycles. The number of rotatable bonds is 2. The third-order valence-electron chi connectivity index (χ3n) is 1.64. The van der Waals surface area contributed by atoms with E-state index in [1.165, 1.54) is 19.2 Å². The van der Waals surface area contributed by atoms with Gasteiger partial charge < -0.3 is 9.84 Å². The van der Waals surface area contributed by atoms with Gasteiger partial charge in [-0.25, -0.2) is 9.18 Å². The predicted molar refractivity (Wildman–Crippen MR) is 43.7 cm³/mol. The van der Waals surface area contributed by atoms with E-state index >= 15 is 0 Å². The van der Waals surface area contributed by atoms with Crippen molar-refractivity contribution in [2.75, 3.05) is 7.11 Å². The number of halogens is 1. The number of hydrogen-bond donors (Lipinski definition) is 1. The second-order valence-electron chi connectivity index (χ2n) is 2.46. The van der Waals surface area contributed by atoms with Gasteiger partial charge in [0.05, 0.1) is 19.3 Å². The fraction of sp³-hybridized carbons (Fsp3) is 0.222. The summed E-state index contributed by atoms with van der Waals surface area (Å²) >= 11 is 0. The van der Waals surface area contributed by atoms with E-state index in [1.54, 1.807) is 0 Å². The standard InChI is InChI=1S/C9H9FO3/c1-13-9(12)6-2-3-8(10)7(4-6)5-11/h2-4,11H,5H2,1H3. The summed E-state index contributed by atoms with van der Waals surface area (Å²) in [4.78, 5) is 11.0. The number of methoxy groups -OCH3 is 1. The van der Waals surface area contributed by atoms with Crippen molar-refractivity contribution in [2.45, 2.75) is 6.61 Å². The first-order valence-corrected chi connectivity index (χ1v) is 3.66. The van der Waals surface area contributed by atoms with Gasteiger partial charge in [0.1, 0.15) is 5.82 Å². The van der Waals surface area contributed by atoms with E-state index in [1.807, 2.05) is 0 Å². The molecular formula is C9H9FO3. The number of aliphatic hydroxyl groups is 1. The van der Waals surface area contributed by atoms with Crippen molar-refractivity contribution >= 4 is 5.97 Å². The molecule has 0 aliphatic heterocycles. The fourth-order valence-electron chi connectivity index (χ4n) is 0.941. The van der Waals surface area contributed by atoms with Crippen molar-refractivity contribution in [1.29, 1.82) is 0 Å². The third kappa shape index (κ3) is 2.03. The zero-order valence-corrected chi connectivity index (χ0v) is 7.08. The van der Waals surface area contributed by atoms with E-state index in [0.717, 1.165) is 6.07 Å². The van der Waals surface area contributed by atoms with E-state index < -0.39 is 18.4 Å². The molecule has 3 nitrogen and oxygen atoms in total. The molecule has 0 radical (unpaired) electrons. The minimum atomic E-state index is -0.547. The van der Waals surface area contributed by atoms with Crippen molar-refractivity contribution in [1.82, 2.24) is 0 Å². The molecule has 4 heteroatoms. The normalized spacial score (nSPS) is 9.77. The summed E-state index contributed by atoms with van der Waals surface area (Å²) in [6.45, 7) is -0.434. The molecule has 70 valence electrons. The molecule has 0 bridgehead atoms. The molecule has 0 amide bonds. The summed E-state index contributed by atoms with van der Waals surface area (Å²) in [7, 11) is 1.24. The molecule has 0 fully saturated rings. The Morgan fingerprint density at radius 3 is 2.85 bits per heavy atom. The van der Waals surface area contributed by atoms with E-state index in [4.69, 9.17) is 5.11 Å². The Labute approximate surface area is 74.8 Å². The lowest BCUT2D eigenvalue weighted by Crippen LogP contribution is -2.03. The molecule has 1 N–H and O–H groups in total. The van der Waals surface area contributed by atoms with Gasteiger partial charge in [-0.3, -0.25) is 0 Å². The van der Waals surface area contributed by atoms with Gasteiger partial charge in [-0.1, -0.05) is 0 Å². The Bertz CT molecular complexity index is 323. The van der Waals surface area contributed by atoms with Crippen LogP contribution in [0.4, 0.5) is 4.39 Å². The average Bonchev–Trinajstić information content (AvgIpc) is 2.17. The maximum atomic E-state index is 12.8. The number of aliphatic hydroxyl groups excluding tert-OH is 1.